The Hall–Kier alpha value is -1.74. The summed E-state index contributed by atoms with van der Waals surface area (Å²) in [6.07, 6.45) is 4.57. The lowest BCUT2D eigenvalue weighted by Gasteiger charge is -2.08. The minimum atomic E-state index is 0.0520. The van der Waals surface area contributed by atoms with Crippen molar-refractivity contribution in [1.29, 1.82) is 0 Å². The summed E-state index contributed by atoms with van der Waals surface area (Å²) in [5.41, 5.74) is 1.44. The van der Waals surface area contributed by atoms with Crippen LogP contribution >= 0.6 is 11.8 Å². The number of carbonyl (C=O) groups excluding carboxylic acids is 1. The van der Waals surface area contributed by atoms with Gasteiger partial charge in [0.1, 0.15) is 5.75 Å². The molecule has 1 aliphatic rings. The second-order valence-corrected chi connectivity index (χ2v) is 5.72. The minimum absolute atomic E-state index is 0.0520. The van der Waals surface area contributed by atoms with Gasteiger partial charge in [0, 0.05) is 16.0 Å². The van der Waals surface area contributed by atoms with Gasteiger partial charge in [-0.1, -0.05) is 24.3 Å². The van der Waals surface area contributed by atoms with Gasteiger partial charge in [0.2, 0.25) is 0 Å². The molecule has 0 spiro atoms. The van der Waals surface area contributed by atoms with E-state index in [1.54, 1.807) is 11.8 Å². The van der Waals surface area contributed by atoms with E-state index in [9.17, 15) is 4.79 Å². The zero-order chi connectivity index (χ0) is 13.9. The maximum atomic E-state index is 12.6. The minimum Gasteiger partial charge on any atom is -0.490 e. The van der Waals surface area contributed by atoms with Crippen molar-refractivity contribution in [3.8, 4) is 5.75 Å². The number of thioether (sulfide) groups is 1. The first-order chi connectivity index (χ1) is 9.78. The van der Waals surface area contributed by atoms with Gasteiger partial charge in [0.05, 0.1) is 6.10 Å². The van der Waals surface area contributed by atoms with E-state index in [-0.39, 0.29) is 5.78 Å². The van der Waals surface area contributed by atoms with Crippen molar-refractivity contribution in [1.82, 2.24) is 0 Å². The highest BCUT2D eigenvalue weighted by Crippen LogP contribution is 2.28. The van der Waals surface area contributed by atoms with Crippen LogP contribution in [-0.2, 0) is 0 Å². The number of rotatable bonds is 5. The van der Waals surface area contributed by atoms with E-state index in [0.29, 0.717) is 11.7 Å². The molecule has 0 aromatic heterocycles. The molecule has 102 valence electrons. The first-order valence-electron chi connectivity index (χ1n) is 6.72. The molecule has 0 N–H and O–H groups in total. The van der Waals surface area contributed by atoms with Crippen molar-refractivity contribution in [2.75, 3.05) is 6.26 Å². The lowest BCUT2D eigenvalue weighted by atomic mass is 10.0. The van der Waals surface area contributed by atoms with Gasteiger partial charge in [-0.05, 0) is 43.4 Å². The number of ketones is 1. The summed E-state index contributed by atoms with van der Waals surface area (Å²) in [4.78, 5) is 13.6. The van der Waals surface area contributed by atoms with E-state index in [0.717, 1.165) is 29.1 Å². The first-order valence-corrected chi connectivity index (χ1v) is 7.95. The highest BCUT2D eigenvalue weighted by atomic mass is 32.2. The van der Waals surface area contributed by atoms with Crippen LogP contribution in [0.15, 0.2) is 53.4 Å². The molecule has 1 aliphatic carbocycles. The largest absolute Gasteiger partial charge is 0.490 e. The standard InChI is InChI=1S/C17H16O2S/c1-20-16-8-3-2-7-15(16)17(18)12-5-4-6-14(11-12)19-13-9-10-13/h2-8,11,13H,9-10H2,1H3. The maximum absolute atomic E-state index is 12.6. The van der Waals surface area contributed by atoms with Gasteiger partial charge < -0.3 is 4.74 Å². The maximum Gasteiger partial charge on any atom is 0.194 e. The third kappa shape index (κ3) is 2.88. The molecule has 1 fully saturated rings. The van der Waals surface area contributed by atoms with Gasteiger partial charge in [-0.15, -0.1) is 11.8 Å². The Kier molecular flexibility index (Phi) is 3.79. The molecule has 0 aliphatic heterocycles. The van der Waals surface area contributed by atoms with Crippen LogP contribution in [0.2, 0.25) is 0 Å². The van der Waals surface area contributed by atoms with Gasteiger partial charge in [0.25, 0.3) is 0 Å². The second-order valence-electron chi connectivity index (χ2n) is 4.87. The Labute approximate surface area is 123 Å². The lowest BCUT2D eigenvalue weighted by molar-refractivity contribution is 0.103. The van der Waals surface area contributed by atoms with Crippen LogP contribution in [0, 0.1) is 0 Å². The molecule has 0 saturated heterocycles. The van der Waals surface area contributed by atoms with E-state index in [2.05, 4.69) is 0 Å². The Morgan fingerprint density at radius 2 is 1.95 bits per heavy atom. The van der Waals surface area contributed by atoms with E-state index >= 15 is 0 Å². The molecule has 0 radical (unpaired) electrons. The number of ether oxygens (including phenoxy) is 1. The van der Waals surface area contributed by atoms with Crippen molar-refractivity contribution in [2.45, 2.75) is 23.8 Å². The second kappa shape index (κ2) is 5.71. The third-order valence-corrected chi connectivity index (χ3v) is 4.07. The van der Waals surface area contributed by atoms with Crippen LogP contribution in [0.25, 0.3) is 0 Å². The van der Waals surface area contributed by atoms with Crippen molar-refractivity contribution in [3.05, 3.63) is 59.7 Å². The highest BCUT2D eigenvalue weighted by molar-refractivity contribution is 7.98. The fourth-order valence-corrected chi connectivity index (χ4v) is 2.67. The van der Waals surface area contributed by atoms with Crippen molar-refractivity contribution < 1.29 is 9.53 Å². The predicted octanol–water partition coefficient (Wildman–Crippen LogP) is 4.18. The Morgan fingerprint density at radius 3 is 2.70 bits per heavy atom. The summed E-state index contributed by atoms with van der Waals surface area (Å²) in [5, 5.41) is 0. The van der Waals surface area contributed by atoms with Gasteiger partial charge in [-0.2, -0.15) is 0 Å². The summed E-state index contributed by atoms with van der Waals surface area (Å²) >= 11 is 1.59. The van der Waals surface area contributed by atoms with Gasteiger partial charge in [0.15, 0.2) is 5.78 Å². The number of carbonyl (C=O) groups is 1. The molecular formula is C17H16O2S. The van der Waals surface area contributed by atoms with Crippen LogP contribution in [0.3, 0.4) is 0 Å². The molecule has 0 unspecified atom stereocenters. The van der Waals surface area contributed by atoms with Crippen LogP contribution in [-0.4, -0.2) is 18.1 Å². The molecule has 2 aromatic rings. The molecule has 0 amide bonds. The summed E-state index contributed by atoms with van der Waals surface area (Å²) in [6.45, 7) is 0. The summed E-state index contributed by atoms with van der Waals surface area (Å²) in [5.74, 6) is 0.844. The first kappa shape index (κ1) is 13.3. The van der Waals surface area contributed by atoms with E-state index in [4.69, 9.17) is 4.74 Å². The van der Waals surface area contributed by atoms with Crippen LogP contribution in [0.5, 0.6) is 5.75 Å². The smallest absolute Gasteiger partial charge is 0.194 e. The number of hydrogen-bond acceptors (Lipinski definition) is 3. The van der Waals surface area contributed by atoms with Gasteiger partial charge in [-0.3, -0.25) is 4.79 Å². The molecule has 3 heteroatoms. The average Bonchev–Trinajstić information content (AvgIpc) is 3.30. The zero-order valence-electron chi connectivity index (χ0n) is 11.3. The highest BCUT2D eigenvalue weighted by Gasteiger charge is 2.23. The Morgan fingerprint density at radius 1 is 1.15 bits per heavy atom. The Balaban J connectivity index is 1.89. The van der Waals surface area contributed by atoms with Crippen molar-refractivity contribution >= 4 is 17.5 Å². The molecule has 0 heterocycles. The van der Waals surface area contributed by atoms with Crippen molar-refractivity contribution in [2.24, 2.45) is 0 Å². The predicted molar refractivity (Wildman–Crippen MR) is 81.7 cm³/mol. The third-order valence-electron chi connectivity index (χ3n) is 3.27. The van der Waals surface area contributed by atoms with E-state index in [1.807, 2.05) is 54.8 Å². The fraction of sp³-hybridized carbons (Fsp3) is 0.235. The monoisotopic (exact) mass is 284 g/mol. The summed E-state index contributed by atoms with van der Waals surface area (Å²) in [7, 11) is 0. The Bertz CT molecular complexity index is 632. The molecule has 2 aromatic carbocycles. The molecular weight excluding hydrogens is 268 g/mol. The molecule has 20 heavy (non-hydrogen) atoms. The van der Waals surface area contributed by atoms with E-state index < -0.39 is 0 Å². The summed E-state index contributed by atoms with van der Waals surface area (Å²) in [6, 6.07) is 15.2. The molecule has 0 bridgehead atoms. The normalized spacial score (nSPS) is 14.1. The lowest BCUT2D eigenvalue weighted by Crippen LogP contribution is -2.04. The summed E-state index contributed by atoms with van der Waals surface area (Å²) < 4.78 is 5.75. The number of benzene rings is 2. The van der Waals surface area contributed by atoms with Gasteiger partial charge >= 0.3 is 0 Å². The average molecular weight is 284 g/mol. The van der Waals surface area contributed by atoms with E-state index in [1.165, 1.54) is 0 Å². The SMILES string of the molecule is CSc1ccccc1C(=O)c1cccc(OC2CC2)c1. The zero-order valence-corrected chi connectivity index (χ0v) is 12.2. The number of hydrogen-bond donors (Lipinski definition) is 0. The van der Waals surface area contributed by atoms with Gasteiger partial charge in [-0.25, -0.2) is 0 Å². The molecule has 2 nitrogen and oxygen atoms in total. The molecule has 0 atom stereocenters. The van der Waals surface area contributed by atoms with Crippen molar-refractivity contribution in [3.63, 3.8) is 0 Å². The van der Waals surface area contributed by atoms with Crippen LogP contribution in [0.1, 0.15) is 28.8 Å². The molecule has 3 rings (SSSR count). The topological polar surface area (TPSA) is 26.3 Å². The van der Waals surface area contributed by atoms with Crippen LogP contribution < -0.4 is 4.74 Å². The van der Waals surface area contributed by atoms with Crippen LogP contribution in [0.4, 0.5) is 0 Å². The fourth-order valence-electron chi connectivity index (χ4n) is 2.08. The molecule has 1 saturated carbocycles. The quantitative estimate of drug-likeness (QED) is 0.608.